The Balaban J connectivity index is 2.15. The van der Waals surface area contributed by atoms with Crippen LogP contribution < -0.4 is 5.73 Å². The summed E-state index contributed by atoms with van der Waals surface area (Å²) in [5.41, 5.74) is 5.97. The molecule has 0 aliphatic rings. The number of hydrogen-bond donors (Lipinski definition) is 1. The molecule has 2 N–H and O–H groups in total. The third-order valence-corrected chi connectivity index (χ3v) is 3.17. The summed E-state index contributed by atoms with van der Waals surface area (Å²) in [6.45, 7) is 0.270. The van der Waals surface area contributed by atoms with Crippen molar-refractivity contribution in [2.45, 2.75) is 13.0 Å². The van der Waals surface area contributed by atoms with Crippen LogP contribution >= 0.6 is 11.3 Å². The Morgan fingerprint density at radius 3 is 2.50 bits per heavy atom. The maximum Gasteiger partial charge on any atom is 0.186 e. The van der Waals surface area contributed by atoms with E-state index < -0.39 is 11.6 Å². The average molecular weight is 268 g/mol. The van der Waals surface area contributed by atoms with Crippen LogP contribution in [0.25, 0.3) is 0 Å². The molecule has 0 amide bonds. The van der Waals surface area contributed by atoms with Crippen molar-refractivity contribution in [3.05, 3.63) is 51.5 Å². The van der Waals surface area contributed by atoms with E-state index in [1.807, 2.05) is 0 Å². The van der Waals surface area contributed by atoms with E-state index in [2.05, 4.69) is 4.98 Å². The molecule has 0 saturated heterocycles. The predicted molar refractivity (Wildman–Crippen MR) is 64.4 cm³/mol. The standard InChI is InChI=1S/C12H10F2N2OS/c13-8-1-7(2-9(14)4-8)3-11(17)10-6-18-12(5-15)16-10/h1-2,4,6H,3,5,15H2. The molecule has 0 aliphatic carbocycles. The summed E-state index contributed by atoms with van der Waals surface area (Å²) in [6.07, 6.45) is -0.0809. The van der Waals surface area contributed by atoms with Gasteiger partial charge in [0.15, 0.2) is 5.78 Å². The van der Waals surface area contributed by atoms with Gasteiger partial charge in [0.1, 0.15) is 22.3 Å². The predicted octanol–water partition coefficient (Wildman–Crippen LogP) is 2.31. The van der Waals surface area contributed by atoms with Gasteiger partial charge in [-0.15, -0.1) is 11.3 Å². The quantitative estimate of drug-likeness (QED) is 0.866. The third-order valence-electron chi connectivity index (χ3n) is 2.30. The maximum absolute atomic E-state index is 13.0. The maximum atomic E-state index is 13.0. The highest BCUT2D eigenvalue weighted by Gasteiger charge is 2.12. The van der Waals surface area contributed by atoms with Gasteiger partial charge in [0.25, 0.3) is 0 Å². The largest absolute Gasteiger partial charge is 0.325 e. The van der Waals surface area contributed by atoms with Gasteiger partial charge in [0.2, 0.25) is 0 Å². The molecular formula is C12H10F2N2OS. The van der Waals surface area contributed by atoms with Gasteiger partial charge >= 0.3 is 0 Å². The normalized spacial score (nSPS) is 10.6. The SMILES string of the molecule is NCc1nc(C(=O)Cc2cc(F)cc(F)c2)cs1. The van der Waals surface area contributed by atoms with E-state index in [4.69, 9.17) is 5.73 Å². The van der Waals surface area contributed by atoms with Crippen LogP contribution in [-0.4, -0.2) is 10.8 Å². The summed E-state index contributed by atoms with van der Waals surface area (Å²) in [5.74, 6) is -1.67. The first-order valence-corrected chi connectivity index (χ1v) is 6.09. The molecule has 0 unspecified atom stereocenters. The smallest absolute Gasteiger partial charge is 0.186 e. The van der Waals surface area contributed by atoms with Crippen LogP contribution in [0.2, 0.25) is 0 Å². The number of rotatable bonds is 4. The monoisotopic (exact) mass is 268 g/mol. The van der Waals surface area contributed by atoms with Crippen LogP contribution in [0, 0.1) is 11.6 Å². The second-order valence-electron chi connectivity index (χ2n) is 3.71. The Morgan fingerprint density at radius 2 is 1.94 bits per heavy atom. The second kappa shape index (κ2) is 5.32. The van der Waals surface area contributed by atoms with E-state index in [1.165, 1.54) is 11.3 Å². The van der Waals surface area contributed by atoms with E-state index in [0.717, 1.165) is 18.2 Å². The number of carbonyl (C=O) groups excluding carboxylic acids is 1. The number of nitrogens with zero attached hydrogens (tertiary/aromatic N) is 1. The molecule has 0 aliphatic heterocycles. The molecule has 3 nitrogen and oxygen atoms in total. The van der Waals surface area contributed by atoms with Crippen LogP contribution in [0.4, 0.5) is 8.78 Å². The van der Waals surface area contributed by atoms with Gasteiger partial charge in [-0.3, -0.25) is 4.79 Å². The van der Waals surface area contributed by atoms with Crippen molar-refractivity contribution in [3.63, 3.8) is 0 Å². The molecule has 1 aromatic carbocycles. The van der Waals surface area contributed by atoms with E-state index in [1.54, 1.807) is 5.38 Å². The zero-order valence-corrected chi connectivity index (χ0v) is 10.1. The number of Topliss-reactive ketones (excluding diaryl/α,β-unsaturated/α-hetero) is 1. The van der Waals surface area contributed by atoms with Crippen LogP contribution in [0.1, 0.15) is 21.1 Å². The van der Waals surface area contributed by atoms with Crippen molar-refractivity contribution in [2.24, 2.45) is 5.73 Å². The summed E-state index contributed by atoms with van der Waals surface area (Å²) in [5, 5.41) is 2.25. The Morgan fingerprint density at radius 1 is 1.28 bits per heavy atom. The average Bonchev–Trinajstić information content (AvgIpc) is 2.75. The van der Waals surface area contributed by atoms with Crippen molar-refractivity contribution in [3.8, 4) is 0 Å². The Bertz CT molecular complexity index is 563. The molecule has 2 aromatic rings. The van der Waals surface area contributed by atoms with Gasteiger partial charge in [-0.05, 0) is 17.7 Å². The van der Waals surface area contributed by atoms with E-state index in [9.17, 15) is 13.6 Å². The fourth-order valence-electron chi connectivity index (χ4n) is 1.52. The molecular weight excluding hydrogens is 258 g/mol. The van der Waals surface area contributed by atoms with Gasteiger partial charge in [0, 0.05) is 24.4 Å². The van der Waals surface area contributed by atoms with Crippen molar-refractivity contribution in [1.82, 2.24) is 4.98 Å². The number of halogens is 2. The van der Waals surface area contributed by atoms with Gasteiger partial charge in [-0.25, -0.2) is 13.8 Å². The molecule has 0 atom stereocenters. The summed E-state index contributed by atoms with van der Waals surface area (Å²) in [4.78, 5) is 15.9. The Hall–Kier alpha value is -1.66. The molecule has 0 fully saturated rings. The van der Waals surface area contributed by atoms with E-state index >= 15 is 0 Å². The first kappa shape index (κ1) is 12.8. The lowest BCUT2D eigenvalue weighted by Crippen LogP contribution is -2.05. The minimum atomic E-state index is -0.696. The Kier molecular flexibility index (Phi) is 3.78. The van der Waals surface area contributed by atoms with E-state index in [0.29, 0.717) is 10.6 Å². The summed E-state index contributed by atoms with van der Waals surface area (Å²) < 4.78 is 25.9. The summed E-state index contributed by atoms with van der Waals surface area (Å²) >= 11 is 1.29. The van der Waals surface area contributed by atoms with Gasteiger partial charge < -0.3 is 5.73 Å². The van der Waals surface area contributed by atoms with Gasteiger partial charge in [-0.1, -0.05) is 0 Å². The van der Waals surface area contributed by atoms with Crippen molar-refractivity contribution >= 4 is 17.1 Å². The lowest BCUT2D eigenvalue weighted by Gasteiger charge is -2.00. The molecule has 6 heteroatoms. The molecule has 1 aromatic heterocycles. The highest BCUT2D eigenvalue weighted by molar-refractivity contribution is 7.09. The van der Waals surface area contributed by atoms with Crippen LogP contribution in [0.15, 0.2) is 23.6 Å². The summed E-state index contributed by atoms with van der Waals surface area (Å²) in [7, 11) is 0. The fourth-order valence-corrected chi connectivity index (χ4v) is 2.20. The number of benzene rings is 1. The topological polar surface area (TPSA) is 56.0 Å². The lowest BCUT2D eigenvalue weighted by atomic mass is 10.1. The minimum absolute atomic E-state index is 0.0809. The first-order valence-electron chi connectivity index (χ1n) is 5.21. The number of thiazole rings is 1. The molecule has 1 heterocycles. The van der Waals surface area contributed by atoms with Crippen molar-refractivity contribution in [2.75, 3.05) is 0 Å². The zero-order chi connectivity index (χ0) is 13.1. The molecule has 0 spiro atoms. The third kappa shape index (κ3) is 2.96. The fraction of sp³-hybridized carbons (Fsp3) is 0.167. The minimum Gasteiger partial charge on any atom is -0.325 e. The van der Waals surface area contributed by atoms with Crippen molar-refractivity contribution in [1.29, 1.82) is 0 Å². The highest BCUT2D eigenvalue weighted by atomic mass is 32.1. The lowest BCUT2D eigenvalue weighted by molar-refractivity contribution is 0.0988. The second-order valence-corrected chi connectivity index (χ2v) is 4.65. The molecule has 0 saturated carbocycles. The zero-order valence-electron chi connectivity index (χ0n) is 9.32. The number of ketones is 1. The number of aromatic nitrogens is 1. The van der Waals surface area contributed by atoms with Gasteiger partial charge in [0.05, 0.1) is 0 Å². The number of nitrogens with two attached hydrogens (primary N) is 1. The van der Waals surface area contributed by atoms with Crippen molar-refractivity contribution < 1.29 is 13.6 Å². The van der Waals surface area contributed by atoms with Crippen LogP contribution in [-0.2, 0) is 13.0 Å². The van der Waals surface area contributed by atoms with Crippen LogP contribution in [0.5, 0.6) is 0 Å². The molecule has 94 valence electrons. The van der Waals surface area contributed by atoms with Gasteiger partial charge in [-0.2, -0.15) is 0 Å². The van der Waals surface area contributed by atoms with Crippen LogP contribution in [0.3, 0.4) is 0 Å². The van der Waals surface area contributed by atoms with E-state index in [-0.39, 0.29) is 24.4 Å². The molecule has 18 heavy (non-hydrogen) atoms. The molecule has 0 bridgehead atoms. The molecule has 0 radical (unpaired) electrons. The number of carbonyl (C=O) groups is 1. The summed E-state index contributed by atoms with van der Waals surface area (Å²) in [6, 6.07) is 3.04. The number of hydrogen-bond acceptors (Lipinski definition) is 4. The Labute approximate surface area is 106 Å². The molecule has 2 rings (SSSR count). The highest BCUT2D eigenvalue weighted by Crippen LogP contribution is 2.14. The first-order chi connectivity index (χ1) is 8.58.